The average Bonchev–Trinajstić information content (AvgIpc) is 2.79. The number of hydrogen-bond donors (Lipinski definition) is 1. The van der Waals surface area contributed by atoms with E-state index in [1.807, 2.05) is 30.3 Å². The molecule has 1 saturated carbocycles. The molecule has 104 valence electrons. The normalized spacial score (nSPS) is 16.0. The van der Waals surface area contributed by atoms with Crippen molar-refractivity contribution in [3.05, 3.63) is 48.2 Å². The minimum absolute atomic E-state index is 0.199. The fraction of sp³-hybridized carbons (Fsp3) is 0.312. The van der Waals surface area contributed by atoms with E-state index in [9.17, 15) is 14.4 Å². The third kappa shape index (κ3) is 3.63. The second-order valence-corrected chi connectivity index (χ2v) is 4.79. The van der Waals surface area contributed by atoms with Gasteiger partial charge in [0.2, 0.25) is 0 Å². The Morgan fingerprint density at radius 1 is 1.15 bits per heavy atom. The summed E-state index contributed by atoms with van der Waals surface area (Å²) in [4.78, 5) is 34.5. The fourth-order valence-corrected chi connectivity index (χ4v) is 2.21. The smallest absolute Gasteiger partial charge is 0.175 e. The van der Waals surface area contributed by atoms with Crippen molar-refractivity contribution < 1.29 is 14.4 Å². The Hall–Kier alpha value is -2.23. The third-order valence-electron chi connectivity index (χ3n) is 3.31. The van der Waals surface area contributed by atoms with Crippen LogP contribution in [0.2, 0.25) is 0 Å². The number of ketones is 3. The quantitative estimate of drug-likeness (QED) is 0.483. The Bertz CT molecular complexity index is 518. The first kappa shape index (κ1) is 14.2. The summed E-state index contributed by atoms with van der Waals surface area (Å²) < 4.78 is 0. The summed E-state index contributed by atoms with van der Waals surface area (Å²) in [6.45, 7) is 0.695. The van der Waals surface area contributed by atoms with Gasteiger partial charge in [0, 0.05) is 25.6 Å². The molecule has 0 unspecified atom stereocenters. The molecule has 0 bridgehead atoms. The molecule has 2 rings (SSSR count). The topological polar surface area (TPSA) is 63.2 Å². The predicted octanol–water partition coefficient (Wildman–Crippen LogP) is 1.45. The highest BCUT2D eigenvalue weighted by Crippen LogP contribution is 2.18. The number of allylic oxidation sites excluding steroid dienone is 1. The van der Waals surface area contributed by atoms with Crippen LogP contribution >= 0.6 is 0 Å². The van der Waals surface area contributed by atoms with E-state index in [1.54, 1.807) is 0 Å². The van der Waals surface area contributed by atoms with Crippen molar-refractivity contribution in [3.63, 3.8) is 0 Å². The van der Waals surface area contributed by atoms with E-state index >= 15 is 0 Å². The summed E-state index contributed by atoms with van der Waals surface area (Å²) in [5.41, 5.74) is 1.21. The number of carbonyl (C=O) groups excluding carboxylic acids is 3. The lowest BCUT2D eigenvalue weighted by molar-refractivity contribution is -0.133. The van der Waals surface area contributed by atoms with Crippen LogP contribution in [0.5, 0.6) is 0 Å². The van der Waals surface area contributed by atoms with Crippen molar-refractivity contribution in [1.82, 2.24) is 5.32 Å². The summed E-state index contributed by atoms with van der Waals surface area (Å²) in [5.74, 6) is -1.98. The highest BCUT2D eigenvalue weighted by molar-refractivity contribution is 6.25. The van der Waals surface area contributed by atoms with Gasteiger partial charge in [-0.15, -0.1) is 0 Å². The van der Waals surface area contributed by atoms with Gasteiger partial charge in [-0.05, 0) is 18.1 Å². The van der Waals surface area contributed by atoms with Gasteiger partial charge in [0.05, 0.1) is 0 Å². The van der Waals surface area contributed by atoms with Crippen molar-refractivity contribution >= 4 is 17.3 Å². The maximum atomic E-state index is 11.7. The maximum absolute atomic E-state index is 11.7. The van der Waals surface area contributed by atoms with E-state index in [0.29, 0.717) is 6.54 Å². The van der Waals surface area contributed by atoms with Gasteiger partial charge in [0.1, 0.15) is 5.92 Å². The zero-order chi connectivity index (χ0) is 14.4. The Kier molecular flexibility index (Phi) is 4.82. The van der Waals surface area contributed by atoms with Gasteiger partial charge in [-0.3, -0.25) is 14.4 Å². The summed E-state index contributed by atoms with van der Waals surface area (Å²) >= 11 is 0. The third-order valence-corrected chi connectivity index (χ3v) is 3.31. The maximum Gasteiger partial charge on any atom is 0.175 e. The van der Waals surface area contributed by atoms with Gasteiger partial charge in [-0.1, -0.05) is 30.3 Å². The van der Waals surface area contributed by atoms with E-state index in [4.69, 9.17) is 0 Å². The first-order chi connectivity index (χ1) is 9.68. The average molecular weight is 271 g/mol. The molecular weight excluding hydrogens is 254 g/mol. The lowest BCUT2D eigenvalue weighted by Crippen LogP contribution is -2.23. The minimum atomic E-state index is -1.05. The lowest BCUT2D eigenvalue weighted by atomic mass is 10.0. The molecular formula is C16H17NO3. The molecule has 1 aliphatic carbocycles. The molecule has 1 N–H and O–H groups in total. The van der Waals surface area contributed by atoms with Crippen LogP contribution in [0.4, 0.5) is 0 Å². The molecule has 0 heterocycles. The van der Waals surface area contributed by atoms with Crippen LogP contribution in [0.15, 0.2) is 42.6 Å². The molecule has 0 radical (unpaired) electrons. The van der Waals surface area contributed by atoms with Crippen LogP contribution in [-0.2, 0) is 20.8 Å². The molecule has 0 aliphatic heterocycles. The van der Waals surface area contributed by atoms with Crippen LogP contribution in [-0.4, -0.2) is 23.9 Å². The van der Waals surface area contributed by atoms with Gasteiger partial charge < -0.3 is 5.32 Å². The number of nitrogens with one attached hydrogen (secondary N) is 1. The fourth-order valence-electron chi connectivity index (χ4n) is 2.21. The largest absolute Gasteiger partial charge is 0.390 e. The second kappa shape index (κ2) is 6.80. The summed E-state index contributed by atoms with van der Waals surface area (Å²) in [6.07, 6.45) is 4.05. The van der Waals surface area contributed by atoms with E-state index in [2.05, 4.69) is 5.32 Å². The van der Waals surface area contributed by atoms with Crippen LogP contribution in [0, 0.1) is 5.92 Å². The van der Waals surface area contributed by atoms with Gasteiger partial charge in [0.25, 0.3) is 0 Å². The number of hydrogen-bond acceptors (Lipinski definition) is 4. The number of carbonyl (C=O) groups is 3. The van der Waals surface area contributed by atoms with Crippen LogP contribution < -0.4 is 5.32 Å². The highest BCUT2D eigenvalue weighted by atomic mass is 16.2. The van der Waals surface area contributed by atoms with E-state index in [1.165, 1.54) is 17.8 Å². The van der Waals surface area contributed by atoms with Crippen molar-refractivity contribution in [2.24, 2.45) is 5.92 Å². The van der Waals surface area contributed by atoms with Gasteiger partial charge in [-0.25, -0.2) is 0 Å². The van der Waals surface area contributed by atoms with E-state index in [0.717, 1.165) is 6.42 Å². The minimum Gasteiger partial charge on any atom is -0.390 e. The Balaban J connectivity index is 1.75. The Morgan fingerprint density at radius 3 is 2.45 bits per heavy atom. The standard InChI is InChI=1S/C16H17NO3/c18-13-6-7-14(19)16(13)15(20)9-11-17-10-8-12-4-2-1-3-5-12/h1-5,9,11,16-17H,6-8,10H2/b11-9-. The van der Waals surface area contributed by atoms with Crippen molar-refractivity contribution in [2.75, 3.05) is 6.54 Å². The molecule has 0 aromatic heterocycles. The number of Topliss-reactive ketones (excluding diaryl/α,β-unsaturated/α-hetero) is 2. The van der Waals surface area contributed by atoms with Crippen LogP contribution in [0.25, 0.3) is 0 Å². The molecule has 4 nitrogen and oxygen atoms in total. The van der Waals surface area contributed by atoms with Crippen LogP contribution in [0.1, 0.15) is 18.4 Å². The van der Waals surface area contributed by atoms with Gasteiger partial charge >= 0.3 is 0 Å². The Labute approximate surface area is 117 Å². The first-order valence-electron chi connectivity index (χ1n) is 6.71. The van der Waals surface area contributed by atoms with Crippen molar-refractivity contribution in [3.8, 4) is 0 Å². The van der Waals surface area contributed by atoms with Crippen molar-refractivity contribution in [2.45, 2.75) is 19.3 Å². The monoisotopic (exact) mass is 271 g/mol. The summed E-state index contributed by atoms with van der Waals surface area (Å²) in [6, 6.07) is 9.99. The number of benzene rings is 1. The zero-order valence-electron chi connectivity index (χ0n) is 11.2. The predicted molar refractivity (Wildman–Crippen MR) is 75.0 cm³/mol. The van der Waals surface area contributed by atoms with Crippen molar-refractivity contribution in [1.29, 1.82) is 0 Å². The molecule has 20 heavy (non-hydrogen) atoms. The molecule has 1 fully saturated rings. The molecule has 0 amide bonds. The van der Waals surface area contributed by atoms with Crippen LogP contribution in [0.3, 0.4) is 0 Å². The highest BCUT2D eigenvalue weighted by Gasteiger charge is 2.37. The Morgan fingerprint density at radius 2 is 1.80 bits per heavy atom. The van der Waals surface area contributed by atoms with Gasteiger partial charge in [0.15, 0.2) is 17.3 Å². The lowest BCUT2D eigenvalue weighted by Gasteiger charge is -2.03. The molecule has 4 heteroatoms. The molecule has 0 saturated heterocycles. The molecule has 1 aromatic rings. The molecule has 0 spiro atoms. The molecule has 1 aromatic carbocycles. The van der Waals surface area contributed by atoms with E-state index < -0.39 is 11.7 Å². The molecule has 0 atom stereocenters. The SMILES string of the molecule is O=C(/C=C\NCCc1ccccc1)C1C(=O)CCC1=O. The summed E-state index contributed by atoms with van der Waals surface area (Å²) in [7, 11) is 0. The second-order valence-electron chi connectivity index (χ2n) is 4.79. The zero-order valence-corrected chi connectivity index (χ0v) is 11.2. The molecule has 1 aliphatic rings. The first-order valence-corrected chi connectivity index (χ1v) is 6.71. The number of rotatable bonds is 6. The van der Waals surface area contributed by atoms with E-state index in [-0.39, 0.29) is 24.4 Å². The van der Waals surface area contributed by atoms with Gasteiger partial charge in [-0.2, -0.15) is 0 Å². The summed E-state index contributed by atoms with van der Waals surface area (Å²) in [5, 5.41) is 2.99.